The first-order chi connectivity index (χ1) is 8.24. The molecular formula is C11H13ClNO4S-. The van der Waals surface area contributed by atoms with Crippen LogP contribution in [0.5, 0.6) is 0 Å². The van der Waals surface area contributed by atoms with Gasteiger partial charge in [0.2, 0.25) is 10.0 Å². The molecular weight excluding hydrogens is 278 g/mol. The normalized spacial score (nSPS) is 13.6. The van der Waals surface area contributed by atoms with Crippen LogP contribution in [0.4, 0.5) is 0 Å². The zero-order valence-corrected chi connectivity index (χ0v) is 11.5. The Morgan fingerprint density at radius 2 is 1.78 bits per heavy atom. The number of rotatable bonds is 5. The first kappa shape index (κ1) is 14.9. The third-order valence-corrected chi connectivity index (χ3v) is 4.04. The molecule has 100 valence electrons. The lowest BCUT2D eigenvalue weighted by Gasteiger charge is -2.23. The zero-order valence-electron chi connectivity index (χ0n) is 9.88. The summed E-state index contributed by atoms with van der Waals surface area (Å²) in [5, 5.41) is 11.2. The van der Waals surface area contributed by atoms with Gasteiger partial charge in [-0.1, -0.05) is 25.4 Å². The summed E-state index contributed by atoms with van der Waals surface area (Å²) in [6.45, 7) is 3.18. The summed E-state index contributed by atoms with van der Waals surface area (Å²) in [7, 11) is -3.90. The minimum atomic E-state index is -3.90. The number of halogens is 1. The highest BCUT2D eigenvalue weighted by Crippen LogP contribution is 2.15. The third-order valence-electron chi connectivity index (χ3n) is 2.33. The van der Waals surface area contributed by atoms with E-state index in [1.165, 1.54) is 24.3 Å². The van der Waals surface area contributed by atoms with Crippen LogP contribution < -0.4 is 9.83 Å². The summed E-state index contributed by atoms with van der Waals surface area (Å²) in [6, 6.07) is 4.17. The lowest BCUT2D eigenvalue weighted by molar-refractivity contribution is -0.309. The Labute approximate surface area is 111 Å². The molecule has 0 unspecified atom stereocenters. The highest BCUT2D eigenvalue weighted by molar-refractivity contribution is 7.89. The number of sulfonamides is 1. The molecule has 1 aromatic carbocycles. The quantitative estimate of drug-likeness (QED) is 0.850. The molecule has 0 fully saturated rings. The van der Waals surface area contributed by atoms with E-state index in [0.29, 0.717) is 5.02 Å². The smallest absolute Gasteiger partial charge is 0.241 e. The van der Waals surface area contributed by atoms with Crippen LogP contribution in [0.25, 0.3) is 0 Å². The predicted molar refractivity (Wildman–Crippen MR) is 65.4 cm³/mol. The zero-order chi connectivity index (χ0) is 13.9. The molecule has 0 spiro atoms. The number of carbonyl (C=O) groups is 1. The van der Waals surface area contributed by atoms with Crippen molar-refractivity contribution in [3.8, 4) is 0 Å². The van der Waals surface area contributed by atoms with Crippen LogP contribution in [0.2, 0.25) is 5.02 Å². The van der Waals surface area contributed by atoms with Crippen molar-refractivity contribution in [1.29, 1.82) is 0 Å². The van der Waals surface area contributed by atoms with Gasteiger partial charge in [-0.25, -0.2) is 13.1 Å². The van der Waals surface area contributed by atoms with E-state index in [-0.39, 0.29) is 4.90 Å². The Balaban J connectivity index is 3.01. The molecule has 0 radical (unpaired) electrons. The van der Waals surface area contributed by atoms with Gasteiger partial charge in [0, 0.05) is 5.02 Å². The molecule has 7 heteroatoms. The van der Waals surface area contributed by atoms with Gasteiger partial charge in [-0.3, -0.25) is 0 Å². The topological polar surface area (TPSA) is 86.3 Å². The van der Waals surface area contributed by atoms with Crippen LogP contribution >= 0.6 is 11.6 Å². The largest absolute Gasteiger partial charge is 0.548 e. The average molecular weight is 291 g/mol. The Morgan fingerprint density at radius 3 is 2.17 bits per heavy atom. The lowest BCUT2D eigenvalue weighted by Crippen LogP contribution is -2.50. The van der Waals surface area contributed by atoms with Crippen molar-refractivity contribution in [1.82, 2.24) is 4.72 Å². The van der Waals surface area contributed by atoms with Crippen molar-refractivity contribution >= 4 is 27.6 Å². The summed E-state index contributed by atoms with van der Waals surface area (Å²) in [5.74, 6) is -1.88. The van der Waals surface area contributed by atoms with Gasteiger partial charge in [0.15, 0.2) is 0 Å². The number of carbonyl (C=O) groups excluding carboxylic acids is 1. The van der Waals surface area contributed by atoms with Crippen LogP contribution in [0.3, 0.4) is 0 Å². The maximum atomic E-state index is 11.9. The van der Waals surface area contributed by atoms with Crippen molar-refractivity contribution < 1.29 is 18.3 Å². The van der Waals surface area contributed by atoms with Gasteiger partial charge in [-0.15, -0.1) is 0 Å². The summed E-state index contributed by atoms with van der Waals surface area (Å²) in [4.78, 5) is 10.8. The maximum absolute atomic E-state index is 11.9. The van der Waals surface area contributed by atoms with Crippen LogP contribution in [0, 0.1) is 5.92 Å². The summed E-state index contributed by atoms with van der Waals surface area (Å²) in [5.41, 5.74) is 0. The predicted octanol–water partition coefficient (Wildman–Crippen LogP) is 0.393. The molecule has 1 rings (SSSR count). The van der Waals surface area contributed by atoms with Gasteiger partial charge in [0.1, 0.15) is 0 Å². The Hall–Kier alpha value is -1.11. The highest BCUT2D eigenvalue weighted by Gasteiger charge is 2.23. The summed E-state index contributed by atoms with van der Waals surface area (Å²) < 4.78 is 25.9. The van der Waals surface area contributed by atoms with Gasteiger partial charge < -0.3 is 9.90 Å². The molecule has 0 aromatic heterocycles. The maximum Gasteiger partial charge on any atom is 0.241 e. The monoisotopic (exact) mass is 290 g/mol. The first-order valence-electron chi connectivity index (χ1n) is 5.23. The lowest BCUT2D eigenvalue weighted by atomic mass is 10.1. The summed E-state index contributed by atoms with van der Waals surface area (Å²) in [6.07, 6.45) is 0. The molecule has 5 nitrogen and oxygen atoms in total. The molecule has 18 heavy (non-hydrogen) atoms. The van der Waals surface area contributed by atoms with E-state index >= 15 is 0 Å². The number of benzene rings is 1. The number of hydrogen-bond acceptors (Lipinski definition) is 4. The van der Waals surface area contributed by atoms with Gasteiger partial charge in [-0.2, -0.15) is 0 Å². The van der Waals surface area contributed by atoms with E-state index in [1.54, 1.807) is 13.8 Å². The third kappa shape index (κ3) is 3.69. The molecule has 1 N–H and O–H groups in total. The standard InChI is InChI=1S/C11H14ClNO4S/c1-7(2)10(11(14)15)13-18(16,17)9-5-3-8(12)4-6-9/h3-7,10,13H,1-2H3,(H,14,15)/p-1/t10-/m0/s1. The van der Waals surface area contributed by atoms with E-state index in [0.717, 1.165) is 0 Å². The summed E-state index contributed by atoms with van der Waals surface area (Å²) >= 11 is 5.65. The van der Waals surface area contributed by atoms with Crippen LogP contribution in [-0.2, 0) is 14.8 Å². The fourth-order valence-electron chi connectivity index (χ4n) is 1.31. The second kappa shape index (κ2) is 5.69. The molecule has 0 aliphatic heterocycles. The Kier molecular flexibility index (Phi) is 4.72. The highest BCUT2D eigenvalue weighted by atomic mass is 35.5. The van der Waals surface area contributed by atoms with E-state index < -0.39 is 28.0 Å². The van der Waals surface area contributed by atoms with Gasteiger partial charge in [0.25, 0.3) is 0 Å². The van der Waals surface area contributed by atoms with E-state index in [4.69, 9.17) is 11.6 Å². The van der Waals surface area contributed by atoms with Crippen molar-refractivity contribution in [2.45, 2.75) is 24.8 Å². The number of carboxylic acid groups (broad SMARTS) is 1. The molecule has 0 aliphatic rings. The Bertz CT molecular complexity index is 524. The number of hydrogen-bond donors (Lipinski definition) is 1. The van der Waals surface area contributed by atoms with E-state index in [1.807, 2.05) is 0 Å². The van der Waals surface area contributed by atoms with Gasteiger partial charge >= 0.3 is 0 Å². The second-order valence-corrected chi connectivity index (χ2v) is 6.27. The fraction of sp³-hybridized carbons (Fsp3) is 0.364. The molecule has 0 bridgehead atoms. The fourth-order valence-corrected chi connectivity index (χ4v) is 2.76. The van der Waals surface area contributed by atoms with Crippen molar-refractivity contribution in [3.63, 3.8) is 0 Å². The SMILES string of the molecule is CC(C)[C@H](NS(=O)(=O)c1ccc(Cl)cc1)C(=O)[O-]. The average Bonchev–Trinajstić information content (AvgIpc) is 2.26. The molecule has 0 heterocycles. The number of carboxylic acids is 1. The van der Waals surface area contributed by atoms with Gasteiger partial charge in [-0.05, 0) is 30.2 Å². The number of aliphatic carboxylic acids is 1. The molecule has 0 saturated carbocycles. The molecule has 0 saturated heterocycles. The molecule has 0 aliphatic carbocycles. The Morgan fingerprint density at radius 1 is 1.28 bits per heavy atom. The van der Waals surface area contributed by atoms with Crippen LogP contribution in [0.15, 0.2) is 29.2 Å². The van der Waals surface area contributed by atoms with Crippen molar-refractivity contribution in [2.75, 3.05) is 0 Å². The van der Waals surface area contributed by atoms with E-state index in [2.05, 4.69) is 4.72 Å². The molecule has 0 amide bonds. The first-order valence-corrected chi connectivity index (χ1v) is 7.09. The minimum Gasteiger partial charge on any atom is -0.548 e. The molecule has 1 atom stereocenters. The second-order valence-electron chi connectivity index (χ2n) is 4.12. The number of nitrogens with one attached hydrogen (secondary N) is 1. The van der Waals surface area contributed by atoms with E-state index in [9.17, 15) is 18.3 Å². The van der Waals surface area contributed by atoms with Crippen LogP contribution in [-0.4, -0.2) is 20.4 Å². The van der Waals surface area contributed by atoms with Gasteiger partial charge in [0.05, 0.1) is 16.9 Å². The van der Waals surface area contributed by atoms with Crippen molar-refractivity contribution in [3.05, 3.63) is 29.3 Å². The molecule has 1 aromatic rings. The van der Waals surface area contributed by atoms with Crippen LogP contribution in [0.1, 0.15) is 13.8 Å². The minimum absolute atomic E-state index is 0.0428. The van der Waals surface area contributed by atoms with Crippen molar-refractivity contribution in [2.24, 2.45) is 5.92 Å².